The molecule has 1 fully saturated rings. The lowest BCUT2D eigenvalue weighted by Gasteiger charge is -2.49. The third-order valence-corrected chi connectivity index (χ3v) is 9.62. The van der Waals surface area contributed by atoms with Crippen molar-refractivity contribution in [3.63, 3.8) is 0 Å². The van der Waals surface area contributed by atoms with Crippen molar-refractivity contribution in [2.24, 2.45) is 0 Å². The van der Waals surface area contributed by atoms with Crippen LogP contribution in [-0.2, 0) is 36.4 Å². The van der Waals surface area contributed by atoms with Crippen LogP contribution in [0.3, 0.4) is 0 Å². The molecule has 0 aromatic heterocycles. The number of fused-ring (bicyclic) bond motifs is 1. The van der Waals surface area contributed by atoms with E-state index in [0.29, 0.717) is 40.7 Å². The number of hydroxylamine groups is 1. The fourth-order valence-electron chi connectivity index (χ4n) is 6.68. The number of hydrogen-bond acceptors (Lipinski definition) is 8. The molecule has 1 aliphatic heterocycles. The maximum atomic E-state index is 14.5. The largest absolute Gasteiger partial charge is 0.382 e. The Hall–Kier alpha value is -3.78. The highest BCUT2D eigenvalue weighted by molar-refractivity contribution is 7.88. The Bertz CT molecular complexity index is 1810. The Kier molecular flexibility index (Phi) is 9.87. The molecule has 46 heavy (non-hydrogen) atoms. The highest BCUT2D eigenvalue weighted by Gasteiger charge is 2.49. The van der Waals surface area contributed by atoms with Crippen LogP contribution in [-0.4, -0.2) is 58.1 Å². The number of sulfonamides is 1. The highest BCUT2D eigenvalue weighted by atomic mass is 32.2. The molecule has 0 bridgehead atoms. The number of carbonyl (C=O) groups excluding carboxylic acids is 2. The van der Waals surface area contributed by atoms with Crippen molar-refractivity contribution in [1.82, 2.24) is 15.1 Å². The molecule has 0 unspecified atom stereocenters. The summed E-state index contributed by atoms with van der Waals surface area (Å²) in [4.78, 5) is 36.0. The van der Waals surface area contributed by atoms with E-state index in [-0.39, 0.29) is 18.3 Å². The van der Waals surface area contributed by atoms with Crippen LogP contribution in [0.2, 0.25) is 0 Å². The van der Waals surface area contributed by atoms with Crippen molar-refractivity contribution in [3.8, 4) is 5.75 Å². The lowest BCUT2D eigenvalue weighted by molar-refractivity contribution is -0.138. The van der Waals surface area contributed by atoms with Gasteiger partial charge in [0.1, 0.15) is 5.75 Å². The lowest BCUT2D eigenvalue weighted by Crippen LogP contribution is -2.59. The van der Waals surface area contributed by atoms with E-state index in [0.717, 1.165) is 30.9 Å². The van der Waals surface area contributed by atoms with Gasteiger partial charge in [-0.05, 0) is 60.6 Å². The number of amides is 2. The summed E-state index contributed by atoms with van der Waals surface area (Å²) in [5.41, 5.74) is 5.88. The second-order valence-electron chi connectivity index (χ2n) is 12.1. The van der Waals surface area contributed by atoms with Crippen LogP contribution in [0.4, 0.5) is 0 Å². The first-order valence-electron chi connectivity index (χ1n) is 15.1. The molecule has 0 saturated heterocycles. The quantitative estimate of drug-likeness (QED) is 0.243. The van der Waals surface area contributed by atoms with Gasteiger partial charge in [0.15, 0.2) is 0 Å². The van der Waals surface area contributed by atoms with Crippen molar-refractivity contribution in [3.05, 3.63) is 100 Å². The first kappa shape index (κ1) is 33.6. The number of nitrogens with zero attached hydrogens (tertiary/aromatic N) is 1. The van der Waals surface area contributed by atoms with Gasteiger partial charge in [0.05, 0.1) is 31.1 Å². The highest BCUT2D eigenvalue weighted by Crippen LogP contribution is 2.47. The van der Waals surface area contributed by atoms with E-state index in [9.17, 15) is 26.4 Å². The molecule has 0 spiro atoms. The minimum absolute atomic E-state index is 0.118. The number of hydrogen-bond donors (Lipinski definition) is 2. The molecule has 2 aliphatic rings. The van der Waals surface area contributed by atoms with E-state index in [1.165, 1.54) is 0 Å². The van der Waals surface area contributed by atoms with E-state index >= 15 is 0 Å². The van der Waals surface area contributed by atoms with Crippen LogP contribution < -0.4 is 14.4 Å². The average Bonchev–Trinajstić information content (AvgIpc) is 2.98. The first-order chi connectivity index (χ1) is 21.7. The van der Waals surface area contributed by atoms with Crippen LogP contribution >= 0.6 is 0 Å². The zero-order chi connectivity index (χ0) is 33.2. The minimum atomic E-state index is -3.83. The van der Waals surface area contributed by atoms with Gasteiger partial charge < -0.3 is 9.08 Å². The summed E-state index contributed by atoms with van der Waals surface area (Å²) in [5, 5.41) is 0. The molecule has 2 amide bonds. The third kappa shape index (κ3) is 7.60. The number of aryl methyl sites for hydroxylation is 2. The molecule has 11 nitrogen and oxygen atoms in total. The SMILES string of the molecule is Cc1cc([C@H]2[C@H](C(=O)NOCc3ccccc3)c3ccccc3C(=O)N2[C@H]2CCCC[C@@H]2NS(C)(=O)=O)cc(C)c1OS(C)(=O)=O. The third-order valence-electron chi connectivity index (χ3n) is 8.42. The minimum Gasteiger partial charge on any atom is -0.382 e. The van der Waals surface area contributed by atoms with Crippen LogP contribution in [0.15, 0.2) is 66.7 Å². The zero-order valence-electron chi connectivity index (χ0n) is 26.2. The lowest BCUT2D eigenvalue weighted by atomic mass is 9.76. The van der Waals surface area contributed by atoms with Crippen molar-refractivity contribution < 1.29 is 35.4 Å². The number of nitrogens with one attached hydrogen (secondary N) is 2. The molecular weight excluding hydrogens is 631 g/mol. The van der Waals surface area contributed by atoms with E-state index in [2.05, 4.69) is 10.2 Å². The van der Waals surface area contributed by atoms with Gasteiger partial charge in [-0.2, -0.15) is 8.42 Å². The predicted octanol–water partition coefficient (Wildman–Crippen LogP) is 4.03. The summed E-state index contributed by atoms with van der Waals surface area (Å²) < 4.78 is 57.0. The second-order valence-corrected chi connectivity index (χ2v) is 15.4. The summed E-state index contributed by atoms with van der Waals surface area (Å²) in [7, 11) is -7.45. The molecule has 5 rings (SSSR count). The van der Waals surface area contributed by atoms with Crippen molar-refractivity contribution in [1.29, 1.82) is 0 Å². The van der Waals surface area contributed by atoms with Gasteiger partial charge in [-0.15, -0.1) is 0 Å². The molecule has 0 radical (unpaired) electrons. The van der Waals surface area contributed by atoms with Crippen molar-refractivity contribution in [2.45, 2.75) is 70.2 Å². The van der Waals surface area contributed by atoms with Gasteiger partial charge in [0, 0.05) is 17.6 Å². The summed E-state index contributed by atoms with van der Waals surface area (Å²) in [5.74, 6) is -1.59. The number of rotatable bonds is 10. The molecule has 1 saturated carbocycles. The maximum Gasteiger partial charge on any atom is 0.306 e. The number of carbonyl (C=O) groups is 2. The summed E-state index contributed by atoms with van der Waals surface area (Å²) in [6.07, 6.45) is 4.64. The fourth-order valence-corrected chi connectivity index (χ4v) is 8.07. The van der Waals surface area contributed by atoms with Gasteiger partial charge >= 0.3 is 10.1 Å². The monoisotopic (exact) mass is 669 g/mol. The second kappa shape index (κ2) is 13.5. The van der Waals surface area contributed by atoms with Crippen LogP contribution in [0.25, 0.3) is 0 Å². The number of benzene rings is 3. The Morgan fingerprint density at radius 1 is 0.913 bits per heavy atom. The first-order valence-corrected chi connectivity index (χ1v) is 18.8. The molecule has 13 heteroatoms. The van der Waals surface area contributed by atoms with Crippen LogP contribution in [0, 0.1) is 13.8 Å². The molecule has 3 aromatic carbocycles. The smallest absolute Gasteiger partial charge is 0.306 e. The van der Waals surface area contributed by atoms with E-state index in [1.54, 1.807) is 55.1 Å². The van der Waals surface area contributed by atoms with E-state index < -0.39 is 50.1 Å². The van der Waals surface area contributed by atoms with Gasteiger partial charge in [-0.3, -0.25) is 14.4 Å². The van der Waals surface area contributed by atoms with Crippen molar-refractivity contribution in [2.75, 3.05) is 12.5 Å². The normalized spacial score (nSPS) is 21.8. The van der Waals surface area contributed by atoms with Crippen LogP contribution in [0.5, 0.6) is 5.75 Å². The molecule has 1 heterocycles. The molecule has 1 aliphatic carbocycles. The van der Waals surface area contributed by atoms with Gasteiger partial charge in [-0.25, -0.2) is 18.6 Å². The maximum absolute atomic E-state index is 14.5. The Balaban J connectivity index is 1.65. The molecule has 246 valence electrons. The average molecular weight is 670 g/mol. The molecule has 2 N–H and O–H groups in total. The topological polar surface area (TPSA) is 148 Å². The Labute approximate surface area is 270 Å². The standard InChI is InChI=1S/C33H39N3O8S2/c1-21-18-24(19-22(2)31(21)44-46(4,41)42)30-29(32(37)34-43-20-23-12-6-5-7-13-23)25-14-8-9-15-26(25)33(38)36(30)28-17-11-10-16-27(28)35-45(3,39)40/h5-9,12-15,18-19,27-30,35H,10-11,16-17,20H2,1-4H3,(H,34,37)/t27-,28-,29+,30-/m0/s1. The van der Waals surface area contributed by atoms with Crippen LogP contribution in [0.1, 0.15) is 75.8 Å². The van der Waals surface area contributed by atoms with Gasteiger partial charge in [-0.1, -0.05) is 73.5 Å². The Morgan fingerprint density at radius 2 is 1.54 bits per heavy atom. The van der Waals surface area contributed by atoms with Gasteiger partial charge in [0.25, 0.3) is 11.8 Å². The van der Waals surface area contributed by atoms with Gasteiger partial charge in [0.2, 0.25) is 10.0 Å². The van der Waals surface area contributed by atoms with E-state index in [1.807, 2.05) is 30.3 Å². The summed E-state index contributed by atoms with van der Waals surface area (Å²) >= 11 is 0. The predicted molar refractivity (Wildman–Crippen MR) is 173 cm³/mol. The summed E-state index contributed by atoms with van der Waals surface area (Å²) in [6.45, 7) is 3.52. The fraction of sp³-hybridized carbons (Fsp3) is 0.394. The molecule has 3 aromatic rings. The Morgan fingerprint density at radius 3 is 2.20 bits per heavy atom. The van der Waals surface area contributed by atoms with Crippen molar-refractivity contribution >= 4 is 32.0 Å². The molecular formula is C33H39N3O8S2. The zero-order valence-corrected chi connectivity index (χ0v) is 27.9. The summed E-state index contributed by atoms with van der Waals surface area (Å²) in [6, 6.07) is 17.7. The van der Waals surface area contributed by atoms with E-state index in [4.69, 9.17) is 9.02 Å². The molecule has 4 atom stereocenters.